The van der Waals surface area contributed by atoms with Gasteiger partial charge in [-0.05, 0) is 18.2 Å². The average Bonchev–Trinajstić information content (AvgIpc) is 2.30. The second-order valence-corrected chi connectivity index (χ2v) is 3.09. The molecule has 4 heteroatoms. The highest BCUT2D eigenvalue weighted by Crippen LogP contribution is 2.29. The van der Waals surface area contributed by atoms with Crippen LogP contribution in [0.5, 0.6) is 0 Å². The quantitative estimate of drug-likeness (QED) is 0.532. The molecule has 4 nitrogen and oxygen atoms in total. The molecule has 3 rings (SSSR count). The van der Waals surface area contributed by atoms with Crippen LogP contribution in [0.4, 0.5) is 0 Å². The smallest absolute Gasteiger partial charge is 0.237 e. The molecule has 0 aromatic rings. The van der Waals surface area contributed by atoms with Crippen LogP contribution < -0.4 is 0 Å². The molecule has 0 aromatic carbocycles. The number of hydrogen-bond acceptors (Lipinski definition) is 4. The van der Waals surface area contributed by atoms with Crippen LogP contribution in [-0.4, -0.2) is 23.4 Å². The number of allylic oxidation sites excluding steroid dienone is 4. The molecule has 0 spiro atoms. The van der Waals surface area contributed by atoms with Crippen LogP contribution >= 0.6 is 0 Å². The zero-order valence-corrected chi connectivity index (χ0v) is 7.75. The first-order chi connectivity index (χ1) is 7.40. The van der Waals surface area contributed by atoms with E-state index in [0.29, 0.717) is 5.96 Å². The maximum Gasteiger partial charge on any atom is 0.237 e. The highest BCUT2D eigenvalue weighted by molar-refractivity contribution is 6.02. The van der Waals surface area contributed by atoms with Crippen LogP contribution in [0.15, 0.2) is 50.3 Å². The lowest BCUT2D eigenvalue weighted by atomic mass is 10.1. The summed E-state index contributed by atoms with van der Waals surface area (Å²) in [4.78, 5) is 14.2. The van der Waals surface area contributed by atoms with E-state index in [1.54, 1.807) is 6.21 Å². The number of hydrogen-bond donors (Lipinski definition) is 0. The zero-order valence-electron chi connectivity index (χ0n) is 7.75. The Bertz CT molecular complexity index is 550. The van der Waals surface area contributed by atoms with E-state index in [1.807, 2.05) is 23.1 Å². The van der Waals surface area contributed by atoms with Crippen molar-refractivity contribution < 1.29 is 0 Å². The second-order valence-electron chi connectivity index (χ2n) is 3.09. The number of nitrogens with zero attached hydrogens (tertiary/aromatic N) is 4. The van der Waals surface area contributed by atoms with Gasteiger partial charge in [-0.3, -0.25) is 4.90 Å². The standard InChI is InChI=1S/C11H6N4/c1-2-8-3-4-10-13-7-14-11-12-6-5-9(8)15(10)11/h1,3-7H. The monoisotopic (exact) mass is 194 g/mol. The normalized spacial score (nSPS) is 20.9. The highest BCUT2D eigenvalue weighted by atomic mass is 15.4. The lowest BCUT2D eigenvalue weighted by Crippen LogP contribution is -2.34. The molecule has 0 amide bonds. The van der Waals surface area contributed by atoms with Crippen molar-refractivity contribution in [2.45, 2.75) is 0 Å². The van der Waals surface area contributed by atoms with Gasteiger partial charge in [-0.25, -0.2) is 15.0 Å². The molecule has 0 fully saturated rings. The van der Waals surface area contributed by atoms with Gasteiger partial charge in [0, 0.05) is 11.8 Å². The summed E-state index contributed by atoms with van der Waals surface area (Å²) in [5, 5.41) is 0. The van der Waals surface area contributed by atoms with E-state index >= 15 is 0 Å². The Hall–Kier alpha value is -2.41. The molecule has 0 atom stereocenters. The van der Waals surface area contributed by atoms with Crippen LogP contribution in [0, 0.1) is 12.3 Å². The largest absolute Gasteiger partial charge is 0.261 e. The first-order valence-electron chi connectivity index (χ1n) is 4.44. The van der Waals surface area contributed by atoms with Crippen LogP contribution in [0.2, 0.25) is 0 Å². The van der Waals surface area contributed by atoms with Gasteiger partial charge in [-0.15, -0.1) is 6.42 Å². The van der Waals surface area contributed by atoms with Crippen molar-refractivity contribution in [3.63, 3.8) is 0 Å². The molecule has 15 heavy (non-hydrogen) atoms. The Morgan fingerprint density at radius 2 is 2.13 bits per heavy atom. The van der Waals surface area contributed by atoms with E-state index in [9.17, 15) is 0 Å². The summed E-state index contributed by atoms with van der Waals surface area (Å²) in [7, 11) is 0. The number of aliphatic imine (C=N–C) groups is 3. The maximum absolute atomic E-state index is 5.42. The van der Waals surface area contributed by atoms with E-state index < -0.39 is 0 Å². The Morgan fingerprint density at radius 3 is 3.00 bits per heavy atom. The van der Waals surface area contributed by atoms with Crippen molar-refractivity contribution in [2.24, 2.45) is 15.0 Å². The molecule has 3 aliphatic rings. The Balaban J connectivity index is 2.24. The minimum absolute atomic E-state index is 0.606. The fraction of sp³-hybridized carbons (Fsp3) is 0. The molecule has 70 valence electrons. The molecule has 0 radical (unpaired) electrons. The topological polar surface area (TPSA) is 40.3 Å². The fourth-order valence-electron chi connectivity index (χ4n) is 1.62. The molecule has 0 unspecified atom stereocenters. The Labute approximate surface area is 86.7 Å². The van der Waals surface area contributed by atoms with Crippen molar-refractivity contribution in [1.29, 1.82) is 0 Å². The summed E-state index contributed by atoms with van der Waals surface area (Å²) >= 11 is 0. The van der Waals surface area contributed by atoms with Gasteiger partial charge in [0.1, 0.15) is 12.2 Å². The molecule has 0 aromatic heterocycles. The third-order valence-corrected chi connectivity index (χ3v) is 2.29. The molecule has 0 N–H and O–H groups in total. The van der Waals surface area contributed by atoms with E-state index in [4.69, 9.17) is 6.42 Å². The SMILES string of the molecule is C#CC1=CC=C2N=CN=C3N=CC=C1N23. The van der Waals surface area contributed by atoms with Gasteiger partial charge in [-0.2, -0.15) is 0 Å². The minimum Gasteiger partial charge on any atom is -0.261 e. The van der Waals surface area contributed by atoms with E-state index in [0.717, 1.165) is 17.1 Å². The van der Waals surface area contributed by atoms with Gasteiger partial charge >= 0.3 is 0 Å². The summed E-state index contributed by atoms with van der Waals surface area (Å²) in [6, 6.07) is 0. The van der Waals surface area contributed by atoms with Gasteiger partial charge in [0.25, 0.3) is 0 Å². The van der Waals surface area contributed by atoms with Gasteiger partial charge in [-0.1, -0.05) is 5.92 Å². The molecule has 0 saturated carbocycles. The zero-order chi connectivity index (χ0) is 10.3. The predicted octanol–water partition coefficient (Wildman–Crippen LogP) is 1.07. The van der Waals surface area contributed by atoms with Crippen LogP contribution in [-0.2, 0) is 0 Å². The van der Waals surface area contributed by atoms with E-state index in [2.05, 4.69) is 20.9 Å². The molecule has 0 bridgehead atoms. The van der Waals surface area contributed by atoms with Crippen LogP contribution in [0.3, 0.4) is 0 Å². The van der Waals surface area contributed by atoms with Gasteiger partial charge in [0.2, 0.25) is 5.96 Å². The lowest BCUT2D eigenvalue weighted by molar-refractivity contribution is 0.613. The van der Waals surface area contributed by atoms with Gasteiger partial charge in [0.05, 0.1) is 5.70 Å². The maximum atomic E-state index is 5.42. The molecule has 0 saturated heterocycles. The van der Waals surface area contributed by atoms with Crippen molar-refractivity contribution in [2.75, 3.05) is 0 Å². The van der Waals surface area contributed by atoms with Crippen molar-refractivity contribution >= 4 is 18.5 Å². The van der Waals surface area contributed by atoms with E-state index in [1.165, 1.54) is 6.34 Å². The summed E-state index contributed by atoms with van der Waals surface area (Å²) in [6.45, 7) is 0. The third kappa shape index (κ3) is 1.00. The summed E-state index contributed by atoms with van der Waals surface area (Å²) in [5.41, 5.74) is 1.72. The molecule has 3 heterocycles. The molecule has 0 aliphatic carbocycles. The summed E-state index contributed by atoms with van der Waals surface area (Å²) < 4.78 is 0. The predicted molar refractivity (Wildman–Crippen MR) is 59.3 cm³/mol. The molecular weight excluding hydrogens is 188 g/mol. The third-order valence-electron chi connectivity index (χ3n) is 2.29. The number of rotatable bonds is 0. The molecule has 3 aliphatic heterocycles. The summed E-state index contributed by atoms with van der Waals surface area (Å²) in [5.74, 6) is 4.03. The average molecular weight is 194 g/mol. The molecular formula is C11H6N4. The van der Waals surface area contributed by atoms with E-state index in [-0.39, 0.29) is 0 Å². The Morgan fingerprint density at radius 1 is 1.20 bits per heavy atom. The minimum atomic E-state index is 0.606. The Kier molecular flexibility index (Phi) is 1.48. The fourth-order valence-corrected chi connectivity index (χ4v) is 1.62. The van der Waals surface area contributed by atoms with Crippen molar-refractivity contribution in [3.05, 3.63) is 35.3 Å². The second kappa shape index (κ2) is 2.79. The first-order valence-corrected chi connectivity index (χ1v) is 4.44. The lowest BCUT2D eigenvalue weighted by Gasteiger charge is -2.31. The van der Waals surface area contributed by atoms with Crippen LogP contribution in [0.1, 0.15) is 0 Å². The van der Waals surface area contributed by atoms with Crippen molar-refractivity contribution in [3.8, 4) is 12.3 Å². The first kappa shape index (κ1) is 7.94. The van der Waals surface area contributed by atoms with Crippen LogP contribution in [0.25, 0.3) is 0 Å². The van der Waals surface area contributed by atoms with Crippen molar-refractivity contribution in [1.82, 2.24) is 4.90 Å². The summed E-state index contributed by atoms with van der Waals surface area (Å²) in [6.07, 6.45) is 14.2. The highest BCUT2D eigenvalue weighted by Gasteiger charge is 2.27. The van der Waals surface area contributed by atoms with Gasteiger partial charge < -0.3 is 0 Å². The number of guanidine groups is 1. The van der Waals surface area contributed by atoms with Gasteiger partial charge in [0.15, 0.2) is 0 Å². The number of terminal acetylenes is 1.